The number of benzene rings is 2. The van der Waals surface area contributed by atoms with Gasteiger partial charge in [-0.25, -0.2) is 8.42 Å². The van der Waals surface area contributed by atoms with Gasteiger partial charge in [0.2, 0.25) is 5.91 Å². The fraction of sp³-hybridized carbons (Fsp3) is 0.235. The molecule has 1 N–H and O–H groups in total. The van der Waals surface area contributed by atoms with E-state index in [1.165, 1.54) is 36.4 Å². The van der Waals surface area contributed by atoms with Gasteiger partial charge in [0.05, 0.1) is 11.3 Å². The molecule has 140 valence electrons. The number of hydrogen-bond donors (Lipinski definition) is 1. The zero-order valence-electron chi connectivity index (χ0n) is 13.5. The van der Waals surface area contributed by atoms with Crippen LogP contribution in [-0.2, 0) is 26.6 Å². The number of carbonyl (C=O) groups excluding carboxylic acids is 1. The second kappa shape index (κ2) is 7.67. The third kappa shape index (κ3) is 4.98. The molecule has 0 unspecified atom stereocenters. The lowest BCUT2D eigenvalue weighted by Gasteiger charge is -2.16. The van der Waals surface area contributed by atoms with Gasteiger partial charge in [-0.1, -0.05) is 29.8 Å². The van der Waals surface area contributed by atoms with Crippen LogP contribution >= 0.6 is 11.6 Å². The van der Waals surface area contributed by atoms with Gasteiger partial charge in [0.25, 0.3) is 0 Å². The third-order valence-electron chi connectivity index (χ3n) is 3.70. The van der Waals surface area contributed by atoms with Crippen LogP contribution in [0.25, 0.3) is 0 Å². The van der Waals surface area contributed by atoms with Gasteiger partial charge in [0.15, 0.2) is 9.84 Å². The van der Waals surface area contributed by atoms with E-state index in [0.29, 0.717) is 10.7 Å². The van der Waals surface area contributed by atoms with Gasteiger partial charge in [0.1, 0.15) is 5.25 Å². The summed E-state index contributed by atoms with van der Waals surface area (Å²) < 4.78 is 63.9. The van der Waals surface area contributed by atoms with E-state index in [9.17, 15) is 26.4 Å². The van der Waals surface area contributed by atoms with Crippen molar-refractivity contribution in [3.63, 3.8) is 0 Å². The topological polar surface area (TPSA) is 63.2 Å². The standard InChI is InChI=1S/C17H15ClF3NO3S/c1-11(16(23)22-14-8-6-13(18)7-9-14)26(24,25)10-12-4-2-3-5-15(12)17(19,20)21/h2-9,11H,10H2,1H3,(H,22,23)/t11-/m1/s1. The smallest absolute Gasteiger partial charge is 0.325 e. The largest absolute Gasteiger partial charge is 0.416 e. The van der Waals surface area contributed by atoms with E-state index in [4.69, 9.17) is 11.6 Å². The first-order chi connectivity index (χ1) is 12.0. The van der Waals surface area contributed by atoms with Gasteiger partial charge in [-0.2, -0.15) is 13.2 Å². The van der Waals surface area contributed by atoms with Crippen molar-refractivity contribution in [2.75, 3.05) is 5.32 Å². The van der Waals surface area contributed by atoms with Crippen molar-refractivity contribution in [1.29, 1.82) is 0 Å². The first kappa shape index (κ1) is 20.3. The Balaban J connectivity index is 2.19. The summed E-state index contributed by atoms with van der Waals surface area (Å²) in [6.07, 6.45) is -4.68. The van der Waals surface area contributed by atoms with Gasteiger partial charge in [-0.15, -0.1) is 0 Å². The lowest BCUT2D eigenvalue weighted by molar-refractivity contribution is -0.138. The van der Waals surface area contributed by atoms with Crippen molar-refractivity contribution in [1.82, 2.24) is 0 Å². The summed E-state index contributed by atoms with van der Waals surface area (Å²) in [5, 5.41) is 1.32. The first-order valence-electron chi connectivity index (χ1n) is 7.44. The summed E-state index contributed by atoms with van der Waals surface area (Å²) >= 11 is 5.72. The van der Waals surface area contributed by atoms with E-state index in [1.54, 1.807) is 0 Å². The number of nitrogens with one attached hydrogen (secondary N) is 1. The molecule has 26 heavy (non-hydrogen) atoms. The molecule has 4 nitrogen and oxygen atoms in total. The van der Waals surface area contributed by atoms with Crippen LogP contribution in [0.1, 0.15) is 18.1 Å². The minimum atomic E-state index is -4.68. The molecule has 0 spiro atoms. The lowest BCUT2D eigenvalue weighted by Crippen LogP contribution is -2.33. The number of halogens is 4. The molecule has 2 aromatic rings. The average molecular weight is 406 g/mol. The molecular weight excluding hydrogens is 391 g/mol. The fourth-order valence-electron chi connectivity index (χ4n) is 2.20. The van der Waals surface area contributed by atoms with Gasteiger partial charge < -0.3 is 5.32 Å². The highest BCUT2D eigenvalue weighted by Crippen LogP contribution is 2.33. The van der Waals surface area contributed by atoms with Crippen LogP contribution in [0.4, 0.5) is 18.9 Å². The molecule has 0 fully saturated rings. The number of alkyl halides is 3. The minimum Gasteiger partial charge on any atom is -0.325 e. The number of anilines is 1. The summed E-state index contributed by atoms with van der Waals surface area (Å²) in [4.78, 5) is 12.2. The van der Waals surface area contributed by atoms with Crippen LogP contribution < -0.4 is 5.32 Å². The minimum absolute atomic E-state index is 0.331. The van der Waals surface area contributed by atoms with Crippen molar-refractivity contribution in [3.8, 4) is 0 Å². The van der Waals surface area contributed by atoms with E-state index in [2.05, 4.69) is 5.32 Å². The molecule has 1 amide bonds. The fourth-order valence-corrected chi connectivity index (χ4v) is 3.65. The van der Waals surface area contributed by atoms with Crippen LogP contribution in [0.5, 0.6) is 0 Å². The highest BCUT2D eigenvalue weighted by atomic mass is 35.5. The molecule has 9 heteroatoms. The Morgan fingerprint density at radius 2 is 1.69 bits per heavy atom. The van der Waals surface area contributed by atoms with Crippen molar-refractivity contribution in [2.24, 2.45) is 0 Å². The Labute approximate surface area is 153 Å². The Kier molecular flexibility index (Phi) is 5.98. The van der Waals surface area contributed by atoms with Crippen LogP contribution in [-0.4, -0.2) is 19.6 Å². The van der Waals surface area contributed by atoms with E-state index in [-0.39, 0.29) is 0 Å². The molecule has 2 aromatic carbocycles. The molecule has 2 rings (SSSR count). The lowest BCUT2D eigenvalue weighted by atomic mass is 10.1. The first-order valence-corrected chi connectivity index (χ1v) is 9.53. The van der Waals surface area contributed by atoms with Gasteiger partial charge >= 0.3 is 6.18 Å². The molecule has 0 aliphatic rings. The summed E-state index contributed by atoms with van der Waals surface area (Å²) in [7, 11) is -4.16. The van der Waals surface area contributed by atoms with E-state index in [0.717, 1.165) is 19.1 Å². The number of hydrogen-bond acceptors (Lipinski definition) is 3. The van der Waals surface area contributed by atoms with E-state index < -0.39 is 44.1 Å². The SMILES string of the molecule is C[C@H](C(=O)Nc1ccc(Cl)cc1)S(=O)(=O)Cc1ccccc1C(F)(F)F. The Morgan fingerprint density at radius 3 is 2.27 bits per heavy atom. The van der Waals surface area contributed by atoms with Crippen molar-refractivity contribution >= 4 is 33.0 Å². The zero-order valence-corrected chi connectivity index (χ0v) is 15.1. The Morgan fingerprint density at radius 1 is 1.12 bits per heavy atom. The molecule has 0 saturated carbocycles. The predicted molar refractivity (Wildman–Crippen MR) is 93.6 cm³/mol. The summed E-state index contributed by atoms with van der Waals surface area (Å²) in [6, 6.07) is 10.4. The van der Waals surface area contributed by atoms with Crippen LogP contribution in [0.2, 0.25) is 5.02 Å². The van der Waals surface area contributed by atoms with Crippen LogP contribution in [0, 0.1) is 0 Å². The maximum absolute atomic E-state index is 13.0. The zero-order chi connectivity index (χ0) is 19.5. The highest BCUT2D eigenvalue weighted by molar-refractivity contribution is 7.92. The monoisotopic (exact) mass is 405 g/mol. The summed E-state index contributed by atoms with van der Waals surface area (Å²) in [5.74, 6) is -1.73. The van der Waals surface area contributed by atoms with Crippen molar-refractivity contribution in [2.45, 2.75) is 24.1 Å². The number of sulfone groups is 1. The van der Waals surface area contributed by atoms with Crippen molar-refractivity contribution < 1.29 is 26.4 Å². The highest BCUT2D eigenvalue weighted by Gasteiger charge is 2.36. The average Bonchev–Trinajstić information content (AvgIpc) is 2.55. The number of amides is 1. The molecule has 0 aromatic heterocycles. The summed E-state index contributed by atoms with van der Waals surface area (Å²) in [5.41, 5.74) is -1.10. The van der Waals surface area contributed by atoms with Crippen molar-refractivity contribution in [3.05, 3.63) is 64.7 Å². The van der Waals surface area contributed by atoms with Crippen LogP contribution in [0.3, 0.4) is 0 Å². The second-order valence-corrected chi connectivity index (χ2v) is 8.36. The molecule has 0 radical (unpaired) electrons. The van der Waals surface area contributed by atoms with E-state index in [1.807, 2.05) is 0 Å². The molecule has 1 atom stereocenters. The molecule has 0 saturated heterocycles. The van der Waals surface area contributed by atoms with Crippen LogP contribution in [0.15, 0.2) is 48.5 Å². The third-order valence-corrected chi connectivity index (χ3v) is 5.96. The van der Waals surface area contributed by atoms with Gasteiger partial charge in [-0.3, -0.25) is 4.79 Å². The molecule has 0 aliphatic heterocycles. The second-order valence-electron chi connectivity index (χ2n) is 5.60. The predicted octanol–water partition coefficient (Wildman–Crippen LogP) is 4.30. The van der Waals surface area contributed by atoms with Gasteiger partial charge in [-0.05, 0) is 42.8 Å². The van der Waals surface area contributed by atoms with Gasteiger partial charge in [0, 0.05) is 10.7 Å². The Bertz CT molecular complexity index is 896. The summed E-state index contributed by atoms with van der Waals surface area (Å²) in [6.45, 7) is 1.14. The maximum Gasteiger partial charge on any atom is 0.416 e. The number of carbonyl (C=O) groups is 1. The molecule has 0 bridgehead atoms. The Hall–Kier alpha value is -2.06. The molecule has 0 aliphatic carbocycles. The molecular formula is C17H15ClF3NO3S. The normalized spacial score (nSPS) is 13.3. The molecule has 0 heterocycles. The van der Waals surface area contributed by atoms with E-state index >= 15 is 0 Å². The number of rotatable bonds is 5. The maximum atomic E-state index is 13.0. The quantitative estimate of drug-likeness (QED) is 0.806.